The summed E-state index contributed by atoms with van der Waals surface area (Å²) < 4.78 is 13.3. The second-order valence-corrected chi connectivity index (χ2v) is 6.98. The summed E-state index contributed by atoms with van der Waals surface area (Å²) in [6, 6.07) is 6.30. The van der Waals surface area contributed by atoms with Gasteiger partial charge in [-0.05, 0) is 42.4 Å². The van der Waals surface area contributed by atoms with E-state index in [1.165, 1.54) is 12.1 Å². The highest BCUT2D eigenvalue weighted by Gasteiger charge is 2.55. The van der Waals surface area contributed by atoms with Crippen LogP contribution in [0.2, 0.25) is 0 Å². The van der Waals surface area contributed by atoms with E-state index in [9.17, 15) is 19.1 Å². The van der Waals surface area contributed by atoms with Gasteiger partial charge in [0, 0.05) is 19.5 Å². The first-order chi connectivity index (χ1) is 10.9. The zero-order valence-electron chi connectivity index (χ0n) is 13.3. The largest absolute Gasteiger partial charge is 0.481 e. The molecule has 3 atom stereocenters. The molecule has 1 amide bonds. The number of hydrogen-bond donors (Lipinski definition) is 1. The number of carboxylic acids is 1. The Morgan fingerprint density at radius 3 is 2.91 bits per heavy atom. The first-order valence-electron chi connectivity index (χ1n) is 8.19. The monoisotopic (exact) mass is 319 g/mol. The Balaban J connectivity index is 1.67. The number of fused-ring (bicyclic) bond motifs is 1. The smallest absolute Gasteiger partial charge is 0.311 e. The molecule has 1 aliphatic heterocycles. The van der Waals surface area contributed by atoms with Crippen molar-refractivity contribution in [2.75, 3.05) is 13.1 Å². The van der Waals surface area contributed by atoms with Crippen LogP contribution in [-0.2, 0) is 9.59 Å². The molecule has 1 aromatic carbocycles. The van der Waals surface area contributed by atoms with E-state index in [0.717, 1.165) is 18.4 Å². The molecule has 1 saturated heterocycles. The van der Waals surface area contributed by atoms with Crippen LogP contribution in [0.25, 0.3) is 0 Å². The summed E-state index contributed by atoms with van der Waals surface area (Å²) in [7, 11) is 0. The third-order valence-electron chi connectivity index (χ3n) is 5.55. The Morgan fingerprint density at radius 1 is 1.48 bits per heavy atom. The van der Waals surface area contributed by atoms with Crippen LogP contribution in [0.4, 0.5) is 4.39 Å². The molecule has 1 heterocycles. The molecule has 0 radical (unpaired) electrons. The van der Waals surface area contributed by atoms with Crippen molar-refractivity contribution in [2.24, 2.45) is 11.3 Å². The molecule has 2 aliphatic rings. The fourth-order valence-corrected chi connectivity index (χ4v) is 4.15. The third-order valence-corrected chi connectivity index (χ3v) is 5.55. The second kappa shape index (κ2) is 5.95. The molecule has 0 spiro atoms. The van der Waals surface area contributed by atoms with Gasteiger partial charge in [0.2, 0.25) is 5.91 Å². The minimum atomic E-state index is -0.770. The molecular weight excluding hydrogens is 297 g/mol. The molecule has 1 unspecified atom stereocenters. The van der Waals surface area contributed by atoms with Gasteiger partial charge in [-0.25, -0.2) is 4.39 Å². The fraction of sp³-hybridized carbons (Fsp3) is 0.556. The summed E-state index contributed by atoms with van der Waals surface area (Å²) >= 11 is 0. The molecule has 4 nitrogen and oxygen atoms in total. The number of benzene rings is 1. The van der Waals surface area contributed by atoms with Crippen molar-refractivity contribution in [1.82, 2.24) is 4.90 Å². The summed E-state index contributed by atoms with van der Waals surface area (Å²) in [6.07, 6.45) is 2.76. The number of halogens is 1. The Labute approximate surface area is 135 Å². The number of carbonyl (C=O) groups excluding carboxylic acids is 1. The highest BCUT2D eigenvalue weighted by Crippen LogP contribution is 2.49. The number of amides is 1. The second-order valence-electron chi connectivity index (χ2n) is 6.98. The summed E-state index contributed by atoms with van der Waals surface area (Å²) in [5.41, 5.74) is 0.0586. The van der Waals surface area contributed by atoms with Gasteiger partial charge in [-0.3, -0.25) is 9.59 Å². The number of rotatable bonds is 4. The molecule has 2 fully saturated rings. The Kier molecular flexibility index (Phi) is 4.13. The van der Waals surface area contributed by atoms with E-state index in [2.05, 4.69) is 0 Å². The highest BCUT2D eigenvalue weighted by molar-refractivity contribution is 5.81. The number of aliphatic carboxylic acids is 1. The van der Waals surface area contributed by atoms with Gasteiger partial charge in [-0.1, -0.05) is 25.5 Å². The van der Waals surface area contributed by atoms with E-state index < -0.39 is 11.4 Å². The zero-order valence-corrected chi connectivity index (χ0v) is 13.3. The lowest BCUT2D eigenvalue weighted by molar-refractivity contribution is -0.149. The van der Waals surface area contributed by atoms with Gasteiger partial charge in [-0.2, -0.15) is 0 Å². The van der Waals surface area contributed by atoms with Gasteiger partial charge < -0.3 is 10.0 Å². The molecule has 1 aliphatic carbocycles. The van der Waals surface area contributed by atoms with Crippen LogP contribution in [-0.4, -0.2) is 35.0 Å². The molecule has 1 aromatic rings. The Morgan fingerprint density at radius 2 is 2.26 bits per heavy atom. The highest BCUT2D eigenvalue weighted by atomic mass is 19.1. The summed E-state index contributed by atoms with van der Waals surface area (Å²) in [5.74, 6) is -1.11. The molecule has 124 valence electrons. The maximum Gasteiger partial charge on any atom is 0.311 e. The number of hydrogen-bond acceptors (Lipinski definition) is 2. The predicted octanol–water partition coefficient (Wildman–Crippen LogP) is 3.03. The molecular formula is C18H22FNO3. The van der Waals surface area contributed by atoms with E-state index in [1.54, 1.807) is 11.0 Å². The van der Waals surface area contributed by atoms with Crippen molar-refractivity contribution in [3.8, 4) is 0 Å². The number of nitrogens with zero attached hydrogens (tertiary/aromatic N) is 1. The lowest BCUT2D eigenvalue weighted by Gasteiger charge is -2.24. The lowest BCUT2D eigenvalue weighted by Crippen LogP contribution is -2.37. The van der Waals surface area contributed by atoms with Crippen molar-refractivity contribution in [1.29, 1.82) is 0 Å². The van der Waals surface area contributed by atoms with E-state index in [4.69, 9.17) is 0 Å². The Hall–Kier alpha value is -1.91. The molecule has 23 heavy (non-hydrogen) atoms. The minimum absolute atomic E-state index is 0.0308. The fourth-order valence-electron chi connectivity index (χ4n) is 4.15. The quantitative estimate of drug-likeness (QED) is 0.928. The van der Waals surface area contributed by atoms with E-state index >= 15 is 0 Å². The molecule has 5 heteroatoms. The topological polar surface area (TPSA) is 57.6 Å². The van der Waals surface area contributed by atoms with E-state index in [1.807, 2.05) is 13.0 Å². The van der Waals surface area contributed by atoms with Gasteiger partial charge in [0.25, 0.3) is 0 Å². The first-order valence-corrected chi connectivity index (χ1v) is 8.19. The van der Waals surface area contributed by atoms with Crippen LogP contribution in [0.1, 0.15) is 44.1 Å². The normalized spacial score (nSPS) is 27.7. The average molecular weight is 319 g/mol. The van der Waals surface area contributed by atoms with Gasteiger partial charge in [-0.15, -0.1) is 0 Å². The average Bonchev–Trinajstić information content (AvgIpc) is 3.05. The van der Waals surface area contributed by atoms with Crippen molar-refractivity contribution >= 4 is 11.9 Å². The SMILES string of the molecule is CC(CC(=O)N1C[C@@H]2CCC[C@@]2(C(=O)O)C1)c1cccc(F)c1. The molecule has 0 aromatic heterocycles. The lowest BCUT2D eigenvalue weighted by atomic mass is 9.81. The summed E-state index contributed by atoms with van der Waals surface area (Å²) in [5, 5.41) is 9.58. The van der Waals surface area contributed by atoms with Crippen LogP contribution in [0.5, 0.6) is 0 Å². The maximum atomic E-state index is 13.3. The molecule has 1 N–H and O–H groups in total. The first kappa shape index (κ1) is 16.0. The van der Waals surface area contributed by atoms with Gasteiger partial charge in [0.05, 0.1) is 5.41 Å². The maximum absolute atomic E-state index is 13.3. The summed E-state index contributed by atoms with van der Waals surface area (Å²) in [4.78, 5) is 25.9. The van der Waals surface area contributed by atoms with Crippen LogP contribution in [0.3, 0.4) is 0 Å². The standard InChI is InChI=1S/C18H22FNO3/c1-12(13-4-2-6-15(19)9-13)8-16(21)20-10-14-5-3-7-18(14,11-20)17(22)23/h2,4,6,9,12,14H,3,5,7-8,10-11H2,1H3,(H,22,23)/t12?,14-,18+/m0/s1. The minimum Gasteiger partial charge on any atom is -0.481 e. The van der Waals surface area contributed by atoms with Gasteiger partial charge >= 0.3 is 5.97 Å². The van der Waals surface area contributed by atoms with Crippen LogP contribution in [0, 0.1) is 17.2 Å². The number of carbonyl (C=O) groups is 2. The summed E-state index contributed by atoms with van der Waals surface area (Å²) in [6.45, 7) is 2.76. The van der Waals surface area contributed by atoms with Gasteiger partial charge in [0.1, 0.15) is 5.82 Å². The molecule has 3 rings (SSSR count). The van der Waals surface area contributed by atoms with Crippen molar-refractivity contribution in [3.05, 3.63) is 35.6 Å². The van der Waals surface area contributed by atoms with Crippen LogP contribution in [0.15, 0.2) is 24.3 Å². The third kappa shape index (κ3) is 2.84. The molecule has 0 bridgehead atoms. The van der Waals surface area contributed by atoms with Crippen LogP contribution >= 0.6 is 0 Å². The predicted molar refractivity (Wildman–Crippen MR) is 83.4 cm³/mol. The van der Waals surface area contributed by atoms with Crippen molar-refractivity contribution in [2.45, 2.75) is 38.5 Å². The molecule has 1 saturated carbocycles. The van der Waals surface area contributed by atoms with Gasteiger partial charge in [0.15, 0.2) is 0 Å². The van der Waals surface area contributed by atoms with E-state index in [0.29, 0.717) is 19.5 Å². The Bertz CT molecular complexity index is 632. The van der Waals surface area contributed by atoms with Crippen molar-refractivity contribution in [3.63, 3.8) is 0 Å². The zero-order chi connectivity index (χ0) is 16.6. The number of carboxylic acid groups (broad SMARTS) is 1. The van der Waals surface area contributed by atoms with E-state index in [-0.39, 0.29) is 30.0 Å². The van der Waals surface area contributed by atoms with Crippen LogP contribution < -0.4 is 0 Å². The van der Waals surface area contributed by atoms with Crippen molar-refractivity contribution < 1.29 is 19.1 Å². The number of likely N-dealkylation sites (tertiary alicyclic amines) is 1.